The zero-order chi connectivity index (χ0) is 38.8. The van der Waals surface area contributed by atoms with Crippen molar-refractivity contribution in [1.82, 2.24) is 20.1 Å². The molecule has 2 aliphatic rings. The van der Waals surface area contributed by atoms with E-state index in [0.29, 0.717) is 17.1 Å². The van der Waals surface area contributed by atoms with E-state index in [9.17, 15) is 35.2 Å². The molecule has 282 valence electrons. The number of allylic oxidation sites excluding steroid dienone is 2. The van der Waals surface area contributed by atoms with E-state index in [4.69, 9.17) is 28.9 Å². The van der Waals surface area contributed by atoms with Crippen molar-refractivity contribution < 1.29 is 43.9 Å². The van der Waals surface area contributed by atoms with Gasteiger partial charge in [-0.1, -0.05) is 29.3 Å². The normalized spacial score (nSPS) is 20.6. The fourth-order valence-corrected chi connectivity index (χ4v) is 7.73. The standard InChI is InChI=1S/C33H28Cl2F7N7O3S/c1-49-28-18(4-7-21(34)26(28)31(47-49)48-53(2,51)52)17-5-8-23(35)46-27(17)22(11-14-9-15(36)12-16(37)10-14)45-24(50)13-44-30-25(29(43)33(40,41)42)19-3-6-20(19)32(30,38)39/h4-5,7-10,12,19-20,22H,3,6,11,13,43H2,1-2H3,(H,45,50)(H,47,48)/t19-,20+,22-/m0/s1. The third-order valence-electron chi connectivity index (χ3n) is 9.09. The van der Waals surface area contributed by atoms with Gasteiger partial charge in [0.15, 0.2) is 5.82 Å². The summed E-state index contributed by atoms with van der Waals surface area (Å²) in [5.74, 6) is -9.48. The summed E-state index contributed by atoms with van der Waals surface area (Å²) in [4.78, 5) is 21.6. The van der Waals surface area contributed by atoms with Gasteiger partial charge < -0.3 is 11.1 Å². The molecule has 2 aliphatic carbocycles. The summed E-state index contributed by atoms with van der Waals surface area (Å²) in [6.07, 6.45) is -4.59. The number of fused-ring (bicyclic) bond motifs is 2. The van der Waals surface area contributed by atoms with Crippen molar-refractivity contribution in [3.63, 3.8) is 0 Å². The average molecular weight is 807 g/mol. The fraction of sp³-hybridized carbons (Fsp3) is 0.333. The highest BCUT2D eigenvalue weighted by Crippen LogP contribution is 2.57. The average Bonchev–Trinajstić information content (AvgIpc) is 3.40. The Kier molecular flexibility index (Phi) is 9.95. The number of nitrogens with zero attached hydrogens (tertiary/aromatic N) is 4. The number of anilines is 1. The third-order valence-corrected chi connectivity index (χ3v) is 10.2. The van der Waals surface area contributed by atoms with Gasteiger partial charge in [0.05, 0.1) is 33.9 Å². The van der Waals surface area contributed by atoms with Crippen LogP contribution in [0, 0.1) is 23.5 Å². The number of aliphatic imine (C=N–C) groups is 1. The first kappa shape index (κ1) is 38.3. The molecule has 2 aromatic heterocycles. The highest BCUT2D eigenvalue weighted by Gasteiger charge is 2.63. The largest absolute Gasteiger partial charge is 0.431 e. The number of alkyl halides is 5. The highest BCUT2D eigenvalue weighted by atomic mass is 35.5. The van der Waals surface area contributed by atoms with Crippen LogP contribution in [-0.2, 0) is 28.3 Å². The lowest BCUT2D eigenvalue weighted by Gasteiger charge is -2.33. The molecule has 0 spiro atoms. The minimum Gasteiger partial charge on any atom is -0.394 e. The molecule has 20 heteroatoms. The number of nitrogens with one attached hydrogen (secondary N) is 2. The van der Waals surface area contributed by atoms with E-state index in [1.165, 1.54) is 29.9 Å². The predicted octanol–water partition coefficient (Wildman–Crippen LogP) is 6.88. The molecule has 1 amide bonds. The van der Waals surface area contributed by atoms with Gasteiger partial charge in [-0.15, -0.1) is 0 Å². The van der Waals surface area contributed by atoms with Crippen molar-refractivity contribution >= 4 is 61.6 Å². The topological polar surface area (TPSA) is 144 Å². The molecule has 4 N–H and O–H groups in total. The maximum Gasteiger partial charge on any atom is 0.431 e. The smallest absolute Gasteiger partial charge is 0.394 e. The van der Waals surface area contributed by atoms with Crippen LogP contribution in [-0.4, -0.2) is 59.7 Å². The summed E-state index contributed by atoms with van der Waals surface area (Å²) in [7, 11) is -2.31. The Hall–Kier alpha value is -4.42. The molecule has 2 heterocycles. The summed E-state index contributed by atoms with van der Waals surface area (Å²) < 4.78 is 128. The third kappa shape index (κ3) is 7.53. The van der Waals surface area contributed by atoms with Crippen LogP contribution in [0.5, 0.6) is 0 Å². The lowest BCUT2D eigenvalue weighted by Crippen LogP contribution is -2.37. The number of halogens is 9. The molecule has 0 unspecified atom stereocenters. The van der Waals surface area contributed by atoms with E-state index >= 15 is 8.78 Å². The summed E-state index contributed by atoms with van der Waals surface area (Å²) in [5, 5.41) is 7.03. The first-order valence-electron chi connectivity index (χ1n) is 15.7. The van der Waals surface area contributed by atoms with Crippen LogP contribution in [0.3, 0.4) is 0 Å². The Morgan fingerprint density at radius 2 is 1.75 bits per heavy atom. The number of rotatable bonds is 9. The van der Waals surface area contributed by atoms with Crippen LogP contribution in [0.4, 0.5) is 36.6 Å². The van der Waals surface area contributed by atoms with Crippen molar-refractivity contribution in [3.8, 4) is 11.1 Å². The van der Waals surface area contributed by atoms with Crippen molar-refractivity contribution in [2.24, 2.45) is 29.6 Å². The number of sulfonamides is 1. The molecule has 10 nitrogen and oxygen atoms in total. The van der Waals surface area contributed by atoms with Gasteiger partial charge in [-0.25, -0.2) is 22.2 Å². The number of carbonyl (C=O) groups excluding carboxylic acids is 1. The minimum atomic E-state index is -5.12. The first-order chi connectivity index (χ1) is 24.7. The van der Waals surface area contributed by atoms with Gasteiger partial charge in [0, 0.05) is 35.7 Å². The number of amides is 1. The Labute approximate surface area is 307 Å². The lowest BCUT2D eigenvalue weighted by atomic mass is 9.73. The van der Waals surface area contributed by atoms with E-state index in [1.807, 2.05) is 0 Å². The van der Waals surface area contributed by atoms with Crippen molar-refractivity contribution in [3.05, 3.63) is 86.8 Å². The summed E-state index contributed by atoms with van der Waals surface area (Å²) in [6.45, 7) is -1.07. The molecular weight excluding hydrogens is 778 g/mol. The van der Waals surface area contributed by atoms with Gasteiger partial charge >= 0.3 is 6.18 Å². The quantitative estimate of drug-likeness (QED) is 0.124. The number of aromatic nitrogens is 3. The molecule has 0 radical (unpaired) electrons. The highest BCUT2D eigenvalue weighted by molar-refractivity contribution is 7.92. The molecule has 0 aliphatic heterocycles. The molecule has 6 rings (SSSR count). The molecule has 53 heavy (non-hydrogen) atoms. The zero-order valence-corrected chi connectivity index (χ0v) is 29.8. The van der Waals surface area contributed by atoms with Gasteiger partial charge in [-0.05, 0) is 61.1 Å². The van der Waals surface area contributed by atoms with E-state index in [2.05, 4.69) is 25.1 Å². The number of hydrogen-bond acceptors (Lipinski definition) is 7. The van der Waals surface area contributed by atoms with Crippen molar-refractivity contribution in [2.45, 2.75) is 37.4 Å². The number of aryl methyl sites for hydroxylation is 1. The molecular formula is C33H28Cl2F7N7O3S. The molecule has 2 saturated carbocycles. The van der Waals surface area contributed by atoms with Gasteiger partial charge in [-0.3, -0.25) is 19.2 Å². The second-order valence-electron chi connectivity index (χ2n) is 12.7. The molecule has 4 aromatic rings. The van der Waals surface area contributed by atoms with E-state index in [1.54, 1.807) is 6.07 Å². The van der Waals surface area contributed by atoms with Gasteiger partial charge in [0.1, 0.15) is 34.7 Å². The summed E-state index contributed by atoms with van der Waals surface area (Å²) in [5.41, 5.74) is 2.44. The van der Waals surface area contributed by atoms with Crippen LogP contribution < -0.4 is 15.8 Å². The van der Waals surface area contributed by atoms with Gasteiger partial charge in [0.25, 0.3) is 5.92 Å². The second-order valence-corrected chi connectivity index (χ2v) is 15.3. The van der Waals surface area contributed by atoms with Gasteiger partial charge in [0.2, 0.25) is 15.9 Å². The molecule has 3 atom stereocenters. The Balaban J connectivity index is 1.45. The van der Waals surface area contributed by atoms with Crippen LogP contribution in [0.1, 0.15) is 30.1 Å². The Bertz CT molecular complexity index is 2310. The molecule has 2 fully saturated rings. The van der Waals surface area contributed by atoms with Gasteiger partial charge in [-0.2, -0.15) is 27.1 Å². The summed E-state index contributed by atoms with van der Waals surface area (Å²) in [6, 6.07) is 7.18. The molecule has 0 saturated heterocycles. The zero-order valence-electron chi connectivity index (χ0n) is 27.5. The van der Waals surface area contributed by atoms with Crippen molar-refractivity contribution in [2.75, 3.05) is 17.5 Å². The second kappa shape index (κ2) is 13.8. The Morgan fingerprint density at radius 1 is 1.09 bits per heavy atom. The maximum absolute atomic E-state index is 15.3. The van der Waals surface area contributed by atoms with E-state index in [-0.39, 0.29) is 57.5 Å². The monoisotopic (exact) mass is 805 g/mol. The Morgan fingerprint density at radius 3 is 2.36 bits per heavy atom. The summed E-state index contributed by atoms with van der Waals surface area (Å²) >= 11 is 12.8. The molecule has 2 aromatic carbocycles. The van der Waals surface area contributed by atoms with Crippen molar-refractivity contribution in [1.29, 1.82) is 0 Å². The molecule has 0 bridgehead atoms. The maximum atomic E-state index is 15.3. The minimum absolute atomic E-state index is 0.00300. The predicted molar refractivity (Wildman–Crippen MR) is 184 cm³/mol. The fourth-order valence-electron chi connectivity index (χ4n) is 6.84. The van der Waals surface area contributed by atoms with E-state index in [0.717, 1.165) is 18.4 Å². The van der Waals surface area contributed by atoms with Crippen LogP contribution in [0.2, 0.25) is 10.2 Å². The van der Waals surface area contributed by atoms with Crippen LogP contribution in [0.15, 0.2) is 58.7 Å². The van der Waals surface area contributed by atoms with Crippen LogP contribution >= 0.6 is 23.2 Å². The SMILES string of the molecule is Cn1nc(NS(C)(=O)=O)c2c(Cl)ccc(-c3ccc(Cl)nc3[C@H](Cc3cc(F)cc(F)c3)NC(=O)CN=C3C(=C(N)C(F)(F)F)[C@H]4CC[C@H]4C3(F)F)c21. The number of benzene rings is 2. The lowest BCUT2D eigenvalue weighted by molar-refractivity contribution is -0.120. The van der Waals surface area contributed by atoms with Crippen LogP contribution in [0.25, 0.3) is 22.0 Å². The first-order valence-corrected chi connectivity index (χ1v) is 18.3. The number of hydrogen-bond donors (Lipinski definition) is 3. The number of carbonyl (C=O) groups is 1. The van der Waals surface area contributed by atoms with E-state index < -0.39 is 81.1 Å². The number of pyridine rings is 1. The number of nitrogens with two attached hydrogens (primary N) is 1.